The number of amides is 1. The first-order chi connectivity index (χ1) is 12.1. The summed E-state index contributed by atoms with van der Waals surface area (Å²) in [5, 5.41) is 0.644. The lowest BCUT2D eigenvalue weighted by molar-refractivity contribution is -0.138. The molecule has 2 aromatic carbocycles. The highest BCUT2D eigenvalue weighted by Crippen LogP contribution is 2.33. The number of methoxy groups -OCH3 is 1. The Labute approximate surface area is 153 Å². The largest absolute Gasteiger partial charge is 0.497 e. The molecule has 1 aliphatic heterocycles. The van der Waals surface area contributed by atoms with E-state index in [1.54, 1.807) is 38.3 Å². The summed E-state index contributed by atoms with van der Waals surface area (Å²) in [5.74, 6) is 1.47. The number of benzene rings is 2. The van der Waals surface area contributed by atoms with Crippen LogP contribution in [0.2, 0.25) is 5.02 Å². The minimum absolute atomic E-state index is 0.00766. The van der Waals surface area contributed by atoms with Crippen LogP contribution < -0.4 is 9.47 Å². The molecule has 1 heterocycles. The second-order valence-electron chi connectivity index (χ2n) is 6.18. The zero-order chi connectivity index (χ0) is 17.8. The lowest BCUT2D eigenvalue weighted by Crippen LogP contribution is -2.40. The molecule has 0 saturated carbocycles. The smallest absolute Gasteiger partial charge is 0.263 e. The highest BCUT2D eigenvalue weighted by molar-refractivity contribution is 6.30. The Hall–Kier alpha value is -2.20. The predicted molar refractivity (Wildman–Crippen MR) is 98.2 cm³/mol. The van der Waals surface area contributed by atoms with Crippen LogP contribution in [-0.4, -0.2) is 30.6 Å². The quantitative estimate of drug-likeness (QED) is 0.790. The summed E-state index contributed by atoms with van der Waals surface area (Å²) in [6.07, 6.45) is 1.42. The van der Waals surface area contributed by atoms with E-state index in [1.807, 2.05) is 29.2 Å². The van der Waals surface area contributed by atoms with Crippen molar-refractivity contribution in [2.24, 2.45) is 0 Å². The Kier molecular flexibility index (Phi) is 5.49. The van der Waals surface area contributed by atoms with Gasteiger partial charge in [-0.1, -0.05) is 23.7 Å². The molecule has 1 saturated heterocycles. The van der Waals surface area contributed by atoms with E-state index in [-0.39, 0.29) is 11.9 Å². The third-order valence-corrected chi connectivity index (χ3v) is 4.76. The molecule has 1 fully saturated rings. The summed E-state index contributed by atoms with van der Waals surface area (Å²) in [7, 11) is 1.65. The van der Waals surface area contributed by atoms with Crippen molar-refractivity contribution in [3.05, 3.63) is 59.1 Å². The van der Waals surface area contributed by atoms with Crippen LogP contribution in [0.15, 0.2) is 48.5 Å². The molecule has 0 aliphatic carbocycles. The van der Waals surface area contributed by atoms with E-state index in [0.717, 1.165) is 30.7 Å². The first-order valence-electron chi connectivity index (χ1n) is 8.45. The summed E-state index contributed by atoms with van der Waals surface area (Å²) in [4.78, 5) is 14.8. The fourth-order valence-electron chi connectivity index (χ4n) is 3.20. The van der Waals surface area contributed by atoms with E-state index in [2.05, 4.69) is 0 Å². The van der Waals surface area contributed by atoms with Gasteiger partial charge in [0.25, 0.3) is 5.91 Å². The average molecular weight is 360 g/mol. The number of hydrogen-bond donors (Lipinski definition) is 0. The molecule has 0 radical (unpaired) electrons. The molecule has 2 aromatic rings. The zero-order valence-corrected chi connectivity index (χ0v) is 15.2. The lowest BCUT2D eigenvalue weighted by Gasteiger charge is -2.28. The van der Waals surface area contributed by atoms with Gasteiger partial charge in [0.1, 0.15) is 11.5 Å². The SMILES string of the molecule is COc1ccc([C@@H]2CCCN2C(=O)[C@@H](C)Oc2ccc(Cl)cc2)cc1. The van der Waals surface area contributed by atoms with Crippen molar-refractivity contribution >= 4 is 17.5 Å². The molecule has 3 rings (SSSR count). The van der Waals surface area contributed by atoms with Gasteiger partial charge in [0.05, 0.1) is 13.2 Å². The Morgan fingerprint density at radius 3 is 2.40 bits per heavy atom. The third-order valence-electron chi connectivity index (χ3n) is 4.51. The minimum Gasteiger partial charge on any atom is -0.497 e. The van der Waals surface area contributed by atoms with Gasteiger partial charge in [0.2, 0.25) is 0 Å². The lowest BCUT2D eigenvalue weighted by atomic mass is 10.0. The van der Waals surface area contributed by atoms with Crippen molar-refractivity contribution in [3.8, 4) is 11.5 Å². The molecule has 0 bridgehead atoms. The minimum atomic E-state index is -0.542. The number of hydrogen-bond acceptors (Lipinski definition) is 3. The second kappa shape index (κ2) is 7.79. The van der Waals surface area contributed by atoms with Gasteiger partial charge < -0.3 is 14.4 Å². The highest BCUT2D eigenvalue weighted by atomic mass is 35.5. The topological polar surface area (TPSA) is 38.8 Å². The molecule has 0 unspecified atom stereocenters. The summed E-state index contributed by atoms with van der Waals surface area (Å²) in [5.41, 5.74) is 1.13. The van der Waals surface area contributed by atoms with Gasteiger partial charge in [-0.3, -0.25) is 4.79 Å². The maximum Gasteiger partial charge on any atom is 0.263 e. The number of ether oxygens (including phenoxy) is 2. The number of rotatable bonds is 5. The van der Waals surface area contributed by atoms with Gasteiger partial charge in [-0.25, -0.2) is 0 Å². The fraction of sp³-hybridized carbons (Fsp3) is 0.350. The van der Waals surface area contributed by atoms with Crippen LogP contribution in [0.3, 0.4) is 0 Å². The van der Waals surface area contributed by atoms with Crippen LogP contribution in [0, 0.1) is 0 Å². The Balaban J connectivity index is 1.69. The van der Waals surface area contributed by atoms with Crippen LogP contribution in [0.4, 0.5) is 0 Å². The summed E-state index contributed by atoms with van der Waals surface area (Å²) >= 11 is 5.88. The first kappa shape index (κ1) is 17.6. The number of carbonyl (C=O) groups is 1. The molecule has 1 amide bonds. The highest BCUT2D eigenvalue weighted by Gasteiger charge is 2.33. The molecule has 132 valence electrons. The van der Waals surface area contributed by atoms with E-state index in [1.165, 1.54) is 0 Å². The Bertz CT molecular complexity index is 715. The predicted octanol–water partition coefficient (Wildman–Crippen LogP) is 4.48. The monoisotopic (exact) mass is 359 g/mol. The first-order valence-corrected chi connectivity index (χ1v) is 8.83. The third kappa shape index (κ3) is 4.07. The van der Waals surface area contributed by atoms with Crippen molar-refractivity contribution in [2.45, 2.75) is 31.9 Å². The van der Waals surface area contributed by atoms with Crippen LogP contribution in [0.1, 0.15) is 31.4 Å². The Morgan fingerprint density at radius 1 is 1.12 bits per heavy atom. The van der Waals surface area contributed by atoms with E-state index in [9.17, 15) is 4.79 Å². The van der Waals surface area contributed by atoms with Crippen molar-refractivity contribution < 1.29 is 14.3 Å². The molecule has 0 N–H and O–H groups in total. The van der Waals surface area contributed by atoms with Crippen molar-refractivity contribution in [2.75, 3.05) is 13.7 Å². The maximum absolute atomic E-state index is 12.9. The number of nitrogens with zero attached hydrogens (tertiary/aromatic N) is 1. The van der Waals surface area contributed by atoms with E-state index in [0.29, 0.717) is 10.8 Å². The molecule has 0 spiro atoms. The molecular formula is C20H22ClNO3. The van der Waals surface area contributed by atoms with Crippen molar-refractivity contribution in [3.63, 3.8) is 0 Å². The van der Waals surface area contributed by atoms with Crippen LogP contribution in [0.5, 0.6) is 11.5 Å². The molecule has 2 atom stereocenters. The van der Waals surface area contributed by atoms with Gasteiger partial charge in [-0.2, -0.15) is 0 Å². The van der Waals surface area contributed by atoms with Gasteiger partial charge in [-0.05, 0) is 61.7 Å². The molecule has 1 aliphatic rings. The second-order valence-corrected chi connectivity index (χ2v) is 6.61. The van der Waals surface area contributed by atoms with Crippen molar-refractivity contribution in [1.82, 2.24) is 4.90 Å². The summed E-state index contributed by atoms with van der Waals surface area (Å²) in [6.45, 7) is 2.55. The summed E-state index contributed by atoms with van der Waals surface area (Å²) < 4.78 is 11.0. The maximum atomic E-state index is 12.9. The summed E-state index contributed by atoms with van der Waals surface area (Å²) in [6, 6.07) is 15.1. The van der Waals surface area contributed by atoms with Crippen LogP contribution in [0.25, 0.3) is 0 Å². The van der Waals surface area contributed by atoms with E-state index >= 15 is 0 Å². The number of carbonyl (C=O) groups excluding carboxylic acids is 1. The van der Waals surface area contributed by atoms with Gasteiger partial charge in [0, 0.05) is 11.6 Å². The Morgan fingerprint density at radius 2 is 1.76 bits per heavy atom. The molecule has 0 aromatic heterocycles. The normalized spacial score (nSPS) is 18.0. The van der Waals surface area contributed by atoms with Gasteiger partial charge >= 0.3 is 0 Å². The molecule has 5 heteroatoms. The zero-order valence-electron chi connectivity index (χ0n) is 14.4. The number of halogens is 1. The van der Waals surface area contributed by atoms with E-state index in [4.69, 9.17) is 21.1 Å². The van der Waals surface area contributed by atoms with Gasteiger partial charge in [-0.15, -0.1) is 0 Å². The van der Waals surface area contributed by atoms with Crippen molar-refractivity contribution in [1.29, 1.82) is 0 Å². The molecule has 4 nitrogen and oxygen atoms in total. The number of likely N-dealkylation sites (tertiary alicyclic amines) is 1. The van der Waals surface area contributed by atoms with Crippen LogP contribution in [-0.2, 0) is 4.79 Å². The van der Waals surface area contributed by atoms with E-state index < -0.39 is 6.10 Å². The fourth-order valence-corrected chi connectivity index (χ4v) is 3.33. The molecule has 25 heavy (non-hydrogen) atoms. The molecular weight excluding hydrogens is 338 g/mol. The standard InChI is InChI=1S/C20H22ClNO3/c1-14(25-18-11-7-16(21)8-12-18)20(23)22-13-3-4-19(22)15-5-9-17(24-2)10-6-15/h5-12,14,19H,3-4,13H2,1-2H3/t14-,19+/m1/s1. The van der Waals surface area contributed by atoms with Crippen LogP contribution >= 0.6 is 11.6 Å². The average Bonchev–Trinajstić information content (AvgIpc) is 3.12. The van der Waals surface area contributed by atoms with Gasteiger partial charge in [0.15, 0.2) is 6.10 Å².